The summed E-state index contributed by atoms with van der Waals surface area (Å²) in [5.41, 5.74) is 2.69. The molecule has 164 valence electrons. The van der Waals surface area contributed by atoms with Gasteiger partial charge in [-0.1, -0.05) is 56.3 Å². The zero-order valence-electron chi connectivity index (χ0n) is 17.6. The highest BCUT2D eigenvalue weighted by Crippen LogP contribution is 2.23. The number of aryl methyl sites for hydroxylation is 1. The maximum atomic E-state index is 12.5. The molecule has 7 heteroatoms. The van der Waals surface area contributed by atoms with Gasteiger partial charge in [-0.3, -0.25) is 4.79 Å². The first-order chi connectivity index (χ1) is 14.9. The molecule has 1 N–H and O–H groups in total. The van der Waals surface area contributed by atoms with Gasteiger partial charge in [0.1, 0.15) is 5.75 Å². The van der Waals surface area contributed by atoms with Gasteiger partial charge in [-0.2, -0.15) is 8.78 Å². The molecule has 0 aliphatic heterocycles. The zero-order valence-corrected chi connectivity index (χ0v) is 17.6. The summed E-state index contributed by atoms with van der Waals surface area (Å²) < 4.78 is 35.2. The largest absolute Gasteiger partial charge is 0.441 e. The first kappa shape index (κ1) is 22.5. The van der Waals surface area contributed by atoms with Gasteiger partial charge in [0.2, 0.25) is 5.91 Å². The number of oxazole rings is 1. The highest BCUT2D eigenvalue weighted by Gasteiger charge is 2.12. The van der Waals surface area contributed by atoms with Crippen LogP contribution in [0.25, 0.3) is 11.3 Å². The van der Waals surface area contributed by atoms with Crippen LogP contribution < -0.4 is 10.1 Å². The summed E-state index contributed by atoms with van der Waals surface area (Å²) in [5.74, 6) is 1.54. The van der Waals surface area contributed by atoms with Gasteiger partial charge in [0.25, 0.3) is 0 Å². The van der Waals surface area contributed by atoms with E-state index in [1.165, 1.54) is 11.6 Å². The van der Waals surface area contributed by atoms with Crippen molar-refractivity contribution in [2.45, 2.75) is 46.3 Å². The van der Waals surface area contributed by atoms with Crippen molar-refractivity contribution in [3.05, 3.63) is 71.7 Å². The number of para-hydroxylation sites is 1. The summed E-state index contributed by atoms with van der Waals surface area (Å²) in [5, 5.41) is 2.71. The lowest BCUT2D eigenvalue weighted by Crippen LogP contribution is -2.23. The minimum Gasteiger partial charge on any atom is -0.441 e. The van der Waals surface area contributed by atoms with Crippen molar-refractivity contribution in [1.82, 2.24) is 10.3 Å². The molecular weight excluding hydrogens is 402 g/mol. The number of aromatic nitrogens is 1. The first-order valence-corrected chi connectivity index (χ1v) is 10.2. The fourth-order valence-corrected chi connectivity index (χ4v) is 3.20. The Kier molecular flexibility index (Phi) is 7.76. The van der Waals surface area contributed by atoms with Crippen LogP contribution in [0.3, 0.4) is 0 Å². The second kappa shape index (κ2) is 10.7. The monoisotopic (exact) mass is 428 g/mol. The molecule has 0 bridgehead atoms. The topological polar surface area (TPSA) is 64.4 Å². The molecule has 1 aromatic heterocycles. The molecule has 0 unspecified atom stereocenters. The third-order valence-corrected chi connectivity index (χ3v) is 4.67. The smallest absolute Gasteiger partial charge is 0.387 e. The van der Waals surface area contributed by atoms with Crippen molar-refractivity contribution < 1.29 is 22.7 Å². The minimum atomic E-state index is -2.91. The first-order valence-electron chi connectivity index (χ1n) is 10.2. The van der Waals surface area contributed by atoms with Gasteiger partial charge in [0.15, 0.2) is 11.7 Å². The lowest BCUT2D eigenvalue weighted by Gasteiger charge is -2.11. The molecule has 0 saturated carbocycles. The average molecular weight is 428 g/mol. The third kappa shape index (κ3) is 6.91. The lowest BCUT2D eigenvalue weighted by molar-refractivity contribution is -0.121. The second-order valence-corrected chi connectivity index (χ2v) is 7.68. The lowest BCUT2D eigenvalue weighted by atomic mass is 10.0. The van der Waals surface area contributed by atoms with Crippen molar-refractivity contribution in [2.75, 3.05) is 0 Å². The van der Waals surface area contributed by atoms with E-state index in [0.717, 1.165) is 12.0 Å². The number of ether oxygens (including phenoxy) is 1. The van der Waals surface area contributed by atoms with Gasteiger partial charge in [-0.05, 0) is 24.0 Å². The van der Waals surface area contributed by atoms with Crippen LogP contribution in [0.4, 0.5) is 8.78 Å². The maximum absolute atomic E-state index is 12.5. The van der Waals surface area contributed by atoms with Crippen LogP contribution in [0.1, 0.15) is 37.3 Å². The summed E-state index contributed by atoms with van der Waals surface area (Å²) in [6.45, 7) is 1.55. The molecule has 3 aromatic rings. The van der Waals surface area contributed by atoms with Crippen LogP contribution in [-0.4, -0.2) is 17.5 Å². The van der Waals surface area contributed by atoms with Gasteiger partial charge < -0.3 is 14.5 Å². The normalized spacial score (nSPS) is 11.2. The van der Waals surface area contributed by atoms with Crippen molar-refractivity contribution in [3.63, 3.8) is 0 Å². The van der Waals surface area contributed by atoms with Crippen LogP contribution in [0.15, 0.2) is 59.1 Å². The minimum absolute atomic E-state index is 0.0505. The molecular formula is C24H26F2N2O3. The Labute approximate surface area is 180 Å². The Morgan fingerprint density at radius 2 is 1.87 bits per heavy atom. The number of alkyl halides is 2. The van der Waals surface area contributed by atoms with Crippen molar-refractivity contribution in [1.29, 1.82) is 0 Å². The zero-order chi connectivity index (χ0) is 22.2. The Hall–Kier alpha value is -3.22. The molecule has 2 aromatic carbocycles. The molecule has 0 spiro atoms. The number of amides is 1. The number of rotatable bonds is 10. The molecule has 31 heavy (non-hydrogen) atoms. The van der Waals surface area contributed by atoms with Gasteiger partial charge in [-0.25, -0.2) is 4.98 Å². The number of carbonyl (C=O) groups excluding carboxylic acids is 1. The summed E-state index contributed by atoms with van der Waals surface area (Å²) in [4.78, 5) is 16.4. The third-order valence-electron chi connectivity index (χ3n) is 4.67. The summed E-state index contributed by atoms with van der Waals surface area (Å²) >= 11 is 0. The predicted molar refractivity (Wildman–Crippen MR) is 114 cm³/mol. The molecule has 0 aliphatic rings. The van der Waals surface area contributed by atoms with E-state index in [-0.39, 0.29) is 24.6 Å². The second-order valence-electron chi connectivity index (χ2n) is 7.68. The van der Waals surface area contributed by atoms with E-state index in [2.05, 4.69) is 41.0 Å². The molecule has 1 amide bonds. The summed E-state index contributed by atoms with van der Waals surface area (Å²) in [7, 11) is 0. The van der Waals surface area contributed by atoms with Crippen LogP contribution in [-0.2, 0) is 24.2 Å². The van der Waals surface area contributed by atoms with E-state index >= 15 is 0 Å². The van der Waals surface area contributed by atoms with E-state index in [1.807, 2.05) is 12.1 Å². The van der Waals surface area contributed by atoms with Crippen LogP contribution in [0.5, 0.6) is 5.75 Å². The highest BCUT2D eigenvalue weighted by atomic mass is 19.3. The van der Waals surface area contributed by atoms with E-state index < -0.39 is 6.61 Å². The fourth-order valence-electron chi connectivity index (χ4n) is 3.20. The summed E-state index contributed by atoms with van der Waals surface area (Å²) in [6, 6.07) is 14.6. The number of nitrogens with one attached hydrogen (secondary N) is 1. The summed E-state index contributed by atoms with van der Waals surface area (Å²) in [6.07, 6.45) is 3.19. The Bertz CT molecular complexity index is 984. The van der Waals surface area contributed by atoms with E-state index in [0.29, 0.717) is 29.6 Å². The van der Waals surface area contributed by atoms with Gasteiger partial charge >= 0.3 is 6.61 Å². The van der Waals surface area contributed by atoms with Gasteiger partial charge in [-0.15, -0.1) is 0 Å². The Morgan fingerprint density at radius 3 is 2.58 bits per heavy atom. The molecule has 0 radical (unpaired) electrons. The Morgan fingerprint density at radius 1 is 1.13 bits per heavy atom. The number of halogens is 2. The number of benzene rings is 2. The van der Waals surface area contributed by atoms with Crippen molar-refractivity contribution in [3.8, 4) is 17.1 Å². The molecule has 0 fully saturated rings. The SMILES string of the molecule is CC(C)Cc1ccc(-c2cnc(CCC(=O)NCc3ccccc3OC(F)F)o2)cc1. The maximum Gasteiger partial charge on any atom is 0.387 e. The number of carbonyl (C=O) groups is 1. The van der Waals surface area contributed by atoms with Crippen LogP contribution in [0.2, 0.25) is 0 Å². The predicted octanol–water partition coefficient (Wildman–Crippen LogP) is 5.39. The average Bonchev–Trinajstić information content (AvgIpc) is 3.20. The molecule has 5 nitrogen and oxygen atoms in total. The van der Waals surface area contributed by atoms with E-state index in [4.69, 9.17) is 4.42 Å². The van der Waals surface area contributed by atoms with Gasteiger partial charge in [0.05, 0.1) is 6.20 Å². The van der Waals surface area contributed by atoms with Crippen molar-refractivity contribution in [2.24, 2.45) is 5.92 Å². The Balaban J connectivity index is 1.50. The molecule has 0 saturated heterocycles. The van der Waals surface area contributed by atoms with E-state index in [9.17, 15) is 13.6 Å². The quantitative estimate of drug-likeness (QED) is 0.470. The van der Waals surface area contributed by atoms with E-state index in [1.54, 1.807) is 24.4 Å². The molecule has 0 atom stereocenters. The number of hydrogen-bond donors (Lipinski definition) is 1. The number of hydrogen-bond acceptors (Lipinski definition) is 4. The molecule has 3 rings (SSSR count). The van der Waals surface area contributed by atoms with Crippen LogP contribution in [0, 0.1) is 5.92 Å². The molecule has 0 aliphatic carbocycles. The standard InChI is InChI=1S/C24H26F2N2O3/c1-16(2)13-17-7-9-18(10-8-17)21-15-28-23(30-21)12-11-22(29)27-14-19-5-3-4-6-20(19)31-24(25)26/h3-10,15-16,24H,11-14H2,1-2H3,(H,27,29). The van der Waals surface area contributed by atoms with Gasteiger partial charge in [0, 0.05) is 30.5 Å². The highest BCUT2D eigenvalue weighted by molar-refractivity contribution is 5.76. The van der Waals surface area contributed by atoms with Crippen LogP contribution >= 0.6 is 0 Å². The fraction of sp³-hybridized carbons (Fsp3) is 0.333. The van der Waals surface area contributed by atoms with Crippen molar-refractivity contribution >= 4 is 5.91 Å². The number of nitrogens with zero attached hydrogens (tertiary/aromatic N) is 1. The molecule has 1 heterocycles.